The van der Waals surface area contributed by atoms with Gasteiger partial charge in [-0.2, -0.15) is 5.26 Å². The van der Waals surface area contributed by atoms with E-state index in [0.717, 1.165) is 0 Å². The summed E-state index contributed by atoms with van der Waals surface area (Å²) in [6.07, 6.45) is 0.180. The Balaban J connectivity index is 2.87. The summed E-state index contributed by atoms with van der Waals surface area (Å²) in [7, 11) is 0. The number of carbonyl (C=O) groups is 1. The molecule has 3 N–H and O–H groups in total. The van der Waals surface area contributed by atoms with Crippen LogP contribution in [0.15, 0.2) is 24.3 Å². The van der Waals surface area contributed by atoms with Crippen molar-refractivity contribution in [1.82, 2.24) is 0 Å². The largest absolute Gasteiger partial charge is 0.480 e. The Morgan fingerprint density at radius 3 is 2.79 bits per heavy atom. The van der Waals surface area contributed by atoms with Gasteiger partial charge in [-0.15, -0.1) is 0 Å². The van der Waals surface area contributed by atoms with Crippen molar-refractivity contribution in [3.63, 3.8) is 0 Å². The number of nitriles is 1. The van der Waals surface area contributed by atoms with E-state index in [1.165, 1.54) is 0 Å². The van der Waals surface area contributed by atoms with E-state index < -0.39 is 12.0 Å². The Labute approximate surface area is 81.6 Å². The van der Waals surface area contributed by atoms with Crippen molar-refractivity contribution in [3.05, 3.63) is 35.4 Å². The van der Waals surface area contributed by atoms with Gasteiger partial charge in [0.15, 0.2) is 0 Å². The molecule has 4 heteroatoms. The van der Waals surface area contributed by atoms with Crippen LogP contribution >= 0.6 is 0 Å². The zero-order valence-corrected chi connectivity index (χ0v) is 7.47. The van der Waals surface area contributed by atoms with Crippen LogP contribution in [0.4, 0.5) is 0 Å². The summed E-state index contributed by atoms with van der Waals surface area (Å²) < 4.78 is 0. The minimum Gasteiger partial charge on any atom is -0.480 e. The van der Waals surface area contributed by atoms with Crippen molar-refractivity contribution >= 4 is 5.97 Å². The Kier molecular flexibility index (Phi) is 3.21. The number of hydrogen-bond donors (Lipinski definition) is 2. The molecule has 0 fully saturated rings. The van der Waals surface area contributed by atoms with E-state index in [2.05, 4.69) is 0 Å². The molecule has 0 saturated carbocycles. The molecule has 1 rings (SSSR count). The predicted octanol–water partition coefficient (Wildman–Crippen LogP) is 0.513. The molecule has 0 radical (unpaired) electrons. The number of benzene rings is 1. The van der Waals surface area contributed by atoms with Crippen molar-refractivity contribution in [3.8, 4) is 6.07 Å². The quantitative estimate of drug-likeness (QED) is 0.727. The molecule has 1 atom stereocenters. The van der Waals surface area contributed by atoms with E-state index in [1.807, 2.05) is 6.07 Å². The number of aliphatic carboxylic acids is 1. The molecular weight excluding hydrogens is 180 g/mol. The first-order chi connectivity index (χ1) is 6.65. The molecule has 1 aromatic carbocycles. The molecule has 4 nitrogen and oxygen atoms in total. The highest BCUT2D eigenvalue weighted by Crippen LogP contribution is 2.09. The van der Waals surface area contributed by atoms with E-state index in [0.29, 0.717) is 11.1 Å². The molecule has 72 valence electrons. The van der Waals surface area contributed by atoms with Crippen LogP contribution in [0, 0.1) is 11.3 Å². The van der Waals surface area contributed by atoms with Gasteiger partial charge in [0.2, 0.25) is 0 Å². The molecule has 1 aromatic rings. The highest BCUT2D eigenvalue weighted by molar-refractivity contribution is 5.73. The lowest BCUT2D eigenvalue weighted by molar-refractivity contribution is -0.138. The lowest BCUT2D eigenvalue weighted by atomic mass is 10.0. The van der Waals surface area contributed by atoms with E-state index in [9.17, 15) is 4.79 Å². The first kappa shape index (κ1) is 10.2. The fourth-order valence-electron chi connectivity index (χ4n) is 1.13. The number of carboxylic acids is 1. The van der Waals surface area contributed by atoms with Crippen molar-refractivity contribution in [2.24, 2.45) is 5.73 Å². The Hall–Kier alpha value is -1.86. The number of nitrogens with two attached hydrogens (primary N) is 1. The number of carboxylic acid groups (broad SMARTS) is 1. The van der Waals surface area contributed by atoms with Crippen LogP contribution in [-0.4, -0.2) is 17.1 Å². The minimum absolute atomic E-state index is 0.180. The predicted molar refractivity (Wildman–Crippen MR) is 50.5 cm³/mol. The third kappa shape index (κ3) is 2.31. The summed E-state index contributed by atoms with van der Waals surface area (Å²) in [4.78, 5) is 10.5. The average Bonchev–Trinajstić information content (AvgIpc) is 2.18. The van der Waals surface area contributed by atoms with Crippen LogP contribution in [0.1, 0.15) is 11.1 Å². The zero-order valence-electron chi connectivity index (χ0n) is 7.47. The molecule has 0 heterocycles. The molecular formula is C10H10N2O2. The molecule has 0 unspecified atom stereocenters. The van der Waals surface area contributed by atoms with Gasteiger partial charge in [0.1, 0.15) is 6.04 Å². The van der Waals surface area contributed by atoms with Crippen LogP contribution in [0.25, 0.3) is 0 Å². The highest BCUT2D eigenvalue weighted by atomic mass is 16.4. The second kappa shape index (κ2) is 4.40. The fraction of sp³-hybridized carbons (Fsp3) is 0.200. The van der Waals surface area contributed by atoms with Crippen molar-refractivity contribution < 1.29 is 9.90 Å². The summed E-state index contributed by atoms with van der Waals surface area (Å²) in [6, 6.07) is 7.87. The van der Waals surface area contributed by atoms with Crippen LogP contribution < -0.4 is 5.73 Å². The summed E-state index contributed by atoms with van der Waals surface area (Å²) in [5.74, 6) is -1.06. The third-order valence-corrected chi connectivity index (χ3v) is 1.89. The standard InChI is InChI=1S/C10H10N2O2/c11-6-8-4-2-1-3-7(8)5-9(12)10(13)14/h1-4,9H,5,12H2,(H,13,14)/t9-/m0/s1. The van der Waals surface area contributed by atoms with E-state index in [4.69, 9.17) is 16.1 Å². The molecule has 0 bridgehead atoms. The Bertz CT molecular complexity index is 382. The number of nitrogens with zero attached hydrogens (tertiary/aromatic N) is 1. The van der Waals surface area contributed by atoms with Crippen LogP contribution in [0.5, 0.6) is 0 Å². The highest BCUT2D eigenvalue weighted by Gasteiger charge is 2.13. The van der Waals surface area contributed by atoms with Gasteiger partial charge in [0.25, 0.3) is 0 Å². The van der Waals surface area contributed by atoms with Gasteiger partial charge in [0, 0.05) is 0 Å². The first-order valence-electron chi connectivity index (χ1n) is 4.11. The summed E-state index contributed by atoms with van der Waals surface area (Å²) in [6.45, 7) is 0. The molecule has 0 spiro atoms. The Morgan fingerprint density at radius 1 is 1.57 bits per heavy atom. The number of rotatable bonds is 3. The van der Waals surface area contributed by atoms with Crippen molar-refractivity contribution in [2.45, 2.75) is 12.5 Å². The number of hydrogen-bond acceptors (Lipinski definition) is 3. The fourth-order valence-corrected chi connectivity index (χ4v) is 1.13. The van der Waals surface area contributed by atoms with Gasteiger partial charge in [0.05, 0.1) is 11.6 Å². The van der Waals surface area contributed by atoms with Gasteiger partial charge in [-0.1, -0.05) is 18.2 Å². The van der Waals surface area contributed by atoms with Crippen LogP contribution in [0.3, 0.4) is 0 Å². The van der Waals surface area contributed by atoms with Gasteiger partial charge in [-0.05, 0) is 18.1 Å². The van der Waals surface area contributed by atoms with Gasteiger partial charge in [-0.25, -0.2) is 0 Å². The molecule has 0 aliphatic heterocycles. The lowest BCUT2D eigenvalue weighted by Crippen LogP contribution is -2.32. The maximum atomic E-state index is 10.5. The normalized spacial score (nSPS) is 11.7. The second-order valence-electron chi connectivity index (χ2n) is 2.92. The van der Waals surface area contributed by atoms with Crippen molar-refractivity contribution in [2.75, 3.05) is 0 Å². The van der Waals surface area contributed by atoms with Crippen molar-refractivity contribution in [1.29, 1.82) is 5.26 Å². The minimum atomic E-state index is -1.06. The van der Waals surface area contributed by atoms with Crippen LogP contribution in [-0.2, 0) is 11.2 Å². The third-order valence-electron chi connectivity index (χ3n) is 1.89. The average molecular weight is 190 g/mol. The molecule has 0 aliphatic rings. The van der Waals surface area contributed by atoms with Gasteiger partial charge >= 0.3 is 5.97 Å². The molecule has 14 heavy (non-hydrogen) atoms. The summed E-state index contributed by atoms with van der Waals surface area (Å²) in [5.41, 5.74) is 6.51. The molecule has 0 aliphatic carbocycles. The maximum absolute atomic E-state index is 10.5. The monoisotopic (exact) mass is 190 g/mol. The van der Waals surface area contributed by atoms with E-state index in [-0.39, 0.29) is 6.42 Å². The SMILES string of the molecule is N#Cc1ccccc1C[C@H](N)C(=O)O. The summed E-state index contributed by atoms with van der Waals surface area (Å²) in [5, 5.41) is 17.3. The Morgan fingerprint density at radius 2 is 2.21 bits per heavy atom. The summed E-state index contributed by atoms with van der Waals surface area (Å²) >= 11 is 0. The van der Waals surface area contributed by atoms with Crippen LogP contribution in [0.2, 0.25) is 0 Å². The topological polar surface area (TPSA) is 87.1 Å². The lowest BCUT2D eigenvalue weighted by Gasteiger charge is -2.07. The molecule has 0 aromatic heterocycles. The van der Waals surface area contributed by atoms with Gasteiger partial charge < -0.3 is 10.8 Å². The first-order valence-corrected chi connectivity index (χ1v) is 4.11. The smallest absolute Gasteiger partial charge is 0.320 e. The van der Waals surface area contributed by atoms with E-state index >= 15 is 0 Å². The molecule has 0 saturated heterocycles. The second-order valence-corrected chi connectivity index (χ2v) is 2.92. The van der Waals surface area contributed by atoms with Gasteiger partial charge in [-0.3, -0.25) is 4.79 Å². The molecule has 0 amide bonds. The zero-order chi connectivity index (χ0) is 10.6. The van der Waals surface area contributed by atoms with E-state index in [1.54, 1.807) is 24.3 Å². The maximum Gasteiger partial charge on any atom is 0.320 e.